The van der Waals surface area contributed by atoms with E-state index < -0.39 is 30.6 Å². The number of nitrogens with two attached hydrogens (primary N) is 1. The van der Waals surface area contributed by atoms with E-state index in [9.17, 15) is 15.3 Å². The van der Waals surface area contributed by atoms with Crippen molar-refractivity contribution in [3.8, 4) is 12.3 Å². The van der Waals surface area contributed by atoms with Crippen molar-refractivity contribution in [1.82, 2.24) is 14.5 Å². The van der Waals surface area contributed by atoms with Crippen molar-refractivity contribution in [2.45, 2.75) is 31.0 Å². The lowest BCUT2D eigenvalue weighted by Crippen LogP contribution is -2.43. The molecular weight excluding hydrogens is 288 g/mol. The molecule has 1 saturated heterocycles. The lowest BCUT2D eigenvalue weighted by molar-refractivity contribution is -0.115. The highest BCUT2D eigenvalue weighted by Gasteiger charge is 2.52. The van der Waals surface area contributed by atoms with Crippen LogP contribution in [0.15, 0.2) is 12.5 Å². The van der Waals surface area contributed by atoms with E-state index in [-0.39, 0.29) is 5.82 Å². The van der Waals surface area contributed by atoms with Gasteiger partial charge in [0.05, 0.1) is 17.6 Å². The van der Waals surface area contributed by atoms with Crippen LogP contribution in [0.1, 0.15) is 18.7 Å². The van der Waals surface area contributed by atoms with Crippen molar-refractivity contribution < 1.29 is 20.1 Å². The highest BCUT2D eigenvalue weighted by Crippen LogP contribution is 2.39. The van der Waals surface area contributed by atoms with Crippen LogP contribution in [0.25, 0.3) is 11.0 Å². The number of aliphatic hydroxyl groups excluding tert-OH is 3. The van der Waals surface area contributed by atoms with E-state index in [1.807, 2.05) is 0 Å². The first kappa shape index (κ1) is 14.7. The summed E-state index contributed by atoms with van der Waals surface area (Å²) in [5.74, 6) is 2.70. The Balaban J connectivity index is 2.16. The smallest absolute Gasteiger partial charge is 0.164 e. The molecule has 0 aliphatic carbocycles. The van der Waals surface area contributed by atoms with Crippen LogP contribution >= 0.6 is 0 Å². The van der Waals surface area contributed by atoms with Crippen LogP contribution in [-0.2, 0) is 4.74 Å². The third-order valence-electron chi connectivity index (χ3n) is 4.01. The van der Waals surface area contributed by atoms with Gasteiger partial charge < -0.3 is 30.4 Å². The van der Waals surface area contributed by atoms with Gasteiger partial charge in [0.15, 0.2) is 6.23 Å². The zero-order valence-electron chi connectivity index (χ0n) is 11.8. The van der Waals surface area contributed by atoms with Crippen LogP contribution in [-0.4, -0.2) is 54.3 Å². The Labute approximate surface area is 126 Å². The van der Waals surface area contributed by atoms with Crippen LogP contribution < -0.4 is 5.73 Å². The first-order valence-electron chi connectivity index (χ1n) is 6.65. The number of hydrogen-bond acceptors (Lipinski definition) is 7. The van der Waals surface area contributed by atoms with Gasteiger partial charge in [0.2, 0.25) is 0 Å². The Morgan fingerprint density at radius 1 is 1.50 bits per heavy atom. The van der Waals surface area contributed by atoms with Crippen molar-refractivity contribution in [2.24, 2.45) is 0 Å². The summed E-state index contributed by atoms with van der Waals surface area (Å²) in [4.78, 5) is 8.03. The van der Waals surface area contributed by atoms with E-state index in [0.29, 0.717) is 16.6 Å². The molecular formula is C14H16N4O4. The fourth-order valence-corrected chi connectivity index (χ4v) is 2.70. The highest BCUT2D eigenvalue weighted by atomic mass is 16.6. The summed E-state index contributed by atoms with van der Waals surface area (Å²) in [6.07, 6.45) is 4.84. The number of nitrogens with zero attached hydrogens (tertiary/aromatic N) is 3. The maximum absolute atomic E-state index is 10.3. The quantitative estimate of drug-likeness (QED) is 0.524. The van der Waals surface area contributed by atoms with E-state index in [4.69, 9.17) is 16.9 Å². The standard InChI is InChI=1S/C14H16N4O4/c1-3-7-4-18(12-8(7)11(15)16-6-17-12)13-9(20)10(21)14(2,5-19)22-13/h1,4,6,9-10,13,19-21H,5H2,2H3,(H2,15,16,17)/t9-,10+,13-,14-/m1/s1. The average Bonchev–Trinajstić information content (AvgIpc) is 3.00. The molecule has 2 aromatic rings. The van der Waals surface area contributed by atoms with Crippen molar-refractivity contribution in [3.05, 3.63) is 18.1 Å². The molecule has 8 nitrogen and oxygen atoms in total. The molecule has 8 heteroatoms. The SMILES string of the molecule is C#Cc1cn([C@@H]2O[C@](C)(CO)[C@@H](O)[C@H]2O)c2ncnc(N)c12. The van der Waals surface area contributed by atoms with Crippen LogP contribution in [0, 0.1) is 12.3 Å². The first-order valence-corrected chi connectivity index (χ1v) is 6.65. The predicted octanol–water partition coefficient (Wildman–Crippen LogP) is -1.00. The molecule has 1 fully saturated rings. The number of ether oxygens (including phenoxy) is 1. The molecule has 1 aliphatic rings. The fourth-order valence-electron chi connectivity index (χ4n) is 2.70. The van der Waals surface area contributed by atoms with E-state index in [1.54, 1.807) is 6.20 Å². The molecule has 5 N–H and O–H groups in total. The molecule has 116 valence electrons. The molecule has 0 radical (unpaired) electrons. The maximum atomic E-state index is 10.3. The topological polar surface area (TPSA) is 127 Å². The van der Waals surface area contributed by atoms with Gasteiger partial charge in [-0.15, -0.1) is 6.42 Å². The van der Waals surface area contributed by atoms with Crippen molar-refractivity contribution in [2.75, 3.05) is 12.3 Å². The number of terminal acetylenes is 1. The highest BCUT2D eigenvalue weighted by molar-refractivity contribution is 5.92. The second-order valence-corrected chi connectivity index (χ2v) is 5.47. The average molecular weight is 304 g/mol. The summed E-state index contributed by atoms with van der Waals surface area (Å²) in [6, 6.07) is 0. The third-order valence-corrected chi connectivity index (χ3v) is 4.01. The van der Waals surface area contributed by atoms with Gasteiger partial charge in [0.25, 0.3) is 0 Å². The molecule has 0 amide bonds. The fraction of sp³-hybridized carbons (Fsp3) is 0.429. The third kappa shape index (κ3) is 1.88. The Bertz CT molecular complexity index is 768. The zero-order chi connectivity index (χ0) is 16.1. The van der Waals surface area contributed by atoms with E-state index >= 15 is 0 Å². The van der Waals surface area contributed by atoms with Gasteiger partial charge in [-0.05, 0) is 6.92 Å². The summed E-state index contributed by atoms with van der Waals surface area (Å²) in [5.41, 5.74) is 5.39. The minimum atomic E-state index is -1.28. The van der Waals surface area contributed by atoms with Gasteiger partial charge in [-0.3, -0.25) is 0 Å². The maximum Gasteiger partial charge on any atom is 0.164 e. The van der Waals surface area contributed by atoms with Gasteiger partial charge in [0.1, 0.15) is 35.6 Å². The number of nitrogen functional groups attached to an aromatic ring is 1. The number of anilines is 1. The summed E-state index contributed by atoms with van der Waals surface area (Å²) in [5, 5.41) is 30.2. The normalized spacial score (nSPS) is 31.5. The second kappa shape index (κ2) is 4.93. The Morgan fingerprint density at radius 3 is 2.82 bits per heavy atom. The van der Waals surface area contributed by atoms with Gasteiger partial charge >= 0.3 is 0 Å². The summed E-state index contributed by atoms with van der Waals surface area (Å²) < 4.78 is 7.16. The number of hydrogen-bond donors (Lipinski definition) is 4. The monoisotopic (exact) mass is 304 g/mol. The molecule has 3 heterocycles. The van der Waals surface area contributed by atoms with Gasteiger partial charge in [-0.25, -0.2) is 9.97 Å². The predicted molar refractivity (Wildman–Crippen MR) is 77.5 cm³/mol. The van der Waals surface area contributed by atoms with E-state index in [2.05, 4.69) is 15.9 Å². The van der Waals surface area contributed by atoms with Crippen LogP contribution in [0.5, 0.6) is 0 Å². The molecule has 1 aliphatic heterocycles. The lowest BCUT2D eigenvalue weighted by Gasteiger charge is -2.24. The summed E-state index contributed by atoms with van der Waals surface area (Å²) >= 11 is 0. The van der Waals surface area contributed by atoms with E-state index in [0.717, 1.165) is 0 Å². The lowest BCUT2D eigenvalue weighted by atomic mass is 9.99. The molecule has 0 bridgehead atoms. The van der Waals surface area contributed by atoms with E-state index in [1.165, 1.54) is 17.8 Å². The largest absolute Gasteiger partial charge is 0.393 e. The number of fused-ring (bicyclic) bond motifs is 1. The van der Waals surface area contributed by atoms with Crippen LogP contribution in [0.4, 0.5) is 5.82 Å². The van der Waals surface area contributed by atoms with Crippen LogP contribution in [0.2, 0.25) is 0 Å². The second-order valence-electron chi connectivity index (χ2n) is 5.47. The van der Waals surface area contributed by atoms with Crippen molar-refractivity contribution in [1.29, 1.82) is 0 Å². The van der Waals surface area contributed by atoms with Crippen molar-refractivity contribution >= 4 is 16.9 Å². The number of aromatic nitrogens is 3. The van der Waals surface area contributed by atoms with Gasteiger partial charge in [0, 0.05) is 6.20 Å². The zero-order valence-corrected chi connectivity index (χ0v) is 11.8. The van der Waals surface area contributed by atoms with Crippen molar-refractivity contribution in [3.63, 3.8) is 0 Å². The summed E-state index contributed by atoms with van der Waals surface area (Å²) in [7, 11) is 0. The molecule has 22 heavy (non-hydrogen) atoms. The molecule has 2 aromatic heterocycles. The number of rotatable bonds is 2. The molecule has 3 rings (SSSR count). The minimum absolute atomic E-state index is 0.217. The Morgan fingerprint density at radius 2 is 2.23 bits per heavy atom. The Kier molecular flexibility index (Phi) is 3.30. The Hall–Kier alpha value is -2.18. The molecule has 4 atom stereocenters. The first-order chi connectivity index (χ1) is 10.4. The molecule has 0 aromatic carbocycles. The molecule has 0 spiro atoms. The number of aliphatic hydroxyl groups is 3. The van der Waals surface area contributed by atoms with Gasteiger partial charge in [-0.1, -0.05) is 5.92 Å². The molecule has 0 unspecified atom stereocenters. The minimum Gasteiger partial charge on any atom is -0.393 e. The van der Waals surface area contributed by atoms with Gasteiger partial charge in [-0.2, -0.15) is 0 Å². The summed E-state index contributed by atoms with van der Waals surface area (Å²) in [6.45, 7) is 1.07. The molecule has 0 saturated carbocycles. The van der Waals surface area contributed by atoms with Crippen LogP contribution in [0.3, 0.4) is 0 Å².